The van der Waals surface area contributed by atoms with Crippen LogP contribution in [0.5, 0.6) is 0 Å². The summed E-state index contributed by atoms with van der Waals surface area (Å²) < 4.78 is 25.9. The fourth-order valence-corrected chi connectivity index (χ4v) is 8.56. The highest BCUT2D eigenvalue weighted by molar-refractivity contribution is 5.89. The molecule has 0 aliphatic carbocycles. The Hall–Kier alpha value is -7.00. The van der Waals surface area contributed by atoms with Crippen molar-refractivity contribution in [1.82, 2.24) is 79.2 Å². The third kappa shape index (κ3) is 9.66. The Morgan fingerprint density at radius 2 is 1.14 bits per heavy atom. The van der Waals surface area contributed by atoms with Crippen LogP contribution >= 0.6 is 0 Å². The number of methoxy groups -OCH3 is 1. The van der Waals surface area contributed by atoms with E-state index in [0.717, 1.165) is 71.5 Å². The molecule has 7 aromatic rings. The molecule has 2 aliphatic heterocycles. The molecule has 2 aliphatic rings. The summed E-state index contributed by atoms with van der Waals surface area (Å²) in [5.41, 5.74) is 8.01. The molecule has 0 bridgehead atoms. The number of aromatic nitrogens is 12. The highest BCUT2D eigenvalue weighted by Gasteiger charge is 2.24. The number of nitrogens with one attached hydrogen (secondary N) is 1. The lowest BCUT2D eigenvalue weighted by Gasteiger charge is -2.35. The van der Waals surface area contributed by atoms with Gasteiger partial charge in [0, 0.05) is 83.1 Å². The third-order valence-corrected chi connectivity index (χ3v) is 12.3. The van der Waals surface area contributed by atoms with Crippen molar-refractivity contribution in [3.8, 4) is 11.6 Å². The van der Waals surface area contributed by atoms with Gasteiger partial charge in [-0.25, -0.2) is 18.5 Å². The van der Waals surface area contributed by atoms with E-state index in [0.29, 0.717) is 87.2 Å². The first-order chi connectivity index (χ1) is 31.8. The van der Waals surface area contributed by atoms with Crippen molar-refractivity contribution in [3.05, 3.63) is 105 Å². The van der Waals surface area contributed by atoms with Crippen molar-refractivity contribution in [2.24, 2.45) is 0 Å². The lowest BCUT2D eigenvalue weighted by molar-refractivity contribution is -0.133. The Kier molecular flexibility index (Phi) is 13.5. The van der Waals surface area contributed by atoms with Crippen molar-refractivity contribution in [3.63, 3.8) is 0 Å². The molecule has 0 atom stereocenters. The molecule has 0 unspecified atom stereocenters. The maximum atomic E-state index is 14.3. The van der Waals surface area contributed by atoms with Crippen LogP contribution < -0.4 is 5.32 Å². The van der Waals surface area contributed by atoms with Crippen molar-refractivity contribution < 1.29 is 23.5 Å². The number of carbonyl (C=O) groups is 3. The van der Waals surface area contributed by atoms with Gasteiger partial charge >= 0.3 is 5.97 Å². The molecule has 346 valence electrons. The van der Waals surface area contributed by atoms with E-state index in [2.05, 4.69) is 55.7 Å². The summed E-state index contributed by atoms with van der Waals surface area (Å²) in [5, 5.41) is 38.1. The lowest BCUT2D eigenvalue weighted by Crippen LogP contribution is -2.48. The van der Waals surface area contributed by atoms with Gasteiger partial charge in [-0.3, -0.25) is 14.5 Å². The van der Waals surface area contributed by atoms with Crippen LogP contribution in [0.3, 0.4) is 0 Å². The van der Waals surface area contributed by atoms with Gasteiger partial charge in [-0.15, -0.1) is 30.6 Å². The van der Waals surface area contributed by atoms with Crippen molar-refractivity contribution in [2.45, 2.75) is 73.8 Å². The number of halogens is 1. The predicted octanol–water partition coefficient (Wildman–Crippen LogP) is 3.04. The fourth-order valence-electron chi connectivity index (χ4n) is 8.56. The molecule has 2 amide bonds. The van der Waals surface area contributed by atoms with Gasteiger partial charge < -0.3 is 19.9 Å². The molecular formula is C45H55FN16O4. The number of hydrogen-bond acceptors (Lipinski definition) is 14. The topological polar surface area (TPSA) is 204 Å². The second-order valence-corrected chi connectivity index (χ2v) is 16.6. The summed E-state index contributed by atoms with van der Waals surface area (Å²) in [6.45, 7) is 18.1. The SMILES string of the molecule is COC(=O)c1ccc(CN2CCN(C(=O)CCc3c(C)nn(-c4ccc5nnc(C)n5n4)c3C)CC2)cc1F.Cc1nn(-c2ccc3nnc(C)n3n2)c(C)c1CCC(=O)N1CCNCC1. The monoisotopic (exact) mass is 902 g/mol. The molecule has 8 heterocycles. The first-order valence-electron chi connectivity index (χ1n) is 22.1. The third-order valence-electron chi connectivity index (χ3n) is 12.3. The van der Waals surface area contributed by atoms with E-state index < -0.39 is 11.8 Å². The standard InChI is InChI=1S/C27H31FN8O3.C18H24N8O/c1-17-21(18(2)35(31-17)25-9-8-24-30-29-19(3)36(24)32-25)7-10-26(37)34-13-11-33(12-14-34)16-20-5-6-22(23(28)15-20)27(38)39-4;1-12-15(4-7-18(27)24-10-8-19-9-11-24)13(2)25(22-12)17-6-5-16-21-20-14(3)26(16)23-17/h5-6,8-9,15H,7,10-14,16H2,1-4H3;5-6,19H,4,7-11H2,1-3H3. The summed E-state index contributed by atoms with van der Waals surface area (Å²) in [4.78, 5) is 43.1. The molecule has 1 N–H and O–H groups in total. The molecule has 20 nitrogen and oxygen atoms in total. The van der Waals surface area contributed by atoms with Crippen LogP contribution in [-0.2, 0) is 33.7 Å². The summed E-state index contributed by atoms with van der Waals surface area (Å²) in [6, 6.07) is 12.0. The molecule has 1 aromatic carbocycles. The average molecular weight is 903 g/mol. The van der Waals surface area contributed by atoms with E-state index in [1.54, 1.807) is 19.8 Å². The summed E-state index contributed by atoms with van der Waals surface area (Å²) in [7, 11) is 1.23. The van der Waals surface area contributed by atoms with Gasteiger partial charge in [0.1, 0.15) is 5.82 Å². The number of carbonyl (C=O) groups excluding carboxylic acids is 3. The Bertz CT molecular complexity index is 2900. The number of fused-ring (bicyclic) bond motifs is 2. The number of rotatable bonds is 11. The smallest absolute Gasteiger partial charge is 0.340 e. The van der Waals surface area contributed by atoms with Gasteiger partial charge in [-0.2, -0.15) is 19.2 Å². The Morgan fingerprint density at radius 1 is 0.636 bits per heavy atom. The maximum absolute atomic E-state index is 14.3. The fraction of sp³-hybridized carbons (Fsp3) is 0.444. The van der Waals surface area contributed by atoms with Crippen molar-refractivity contribution in [1.29, 1.82) is 0 Å². The molecule has 2 saturated heterocycles. The quantitative estimate of drug-likeness (QED) is 0.186. The Labute approximate surface area is 380 Å². The van der Waals surface area contributed by atoms with Gasteiger partial charge in [-0.1, -0.05) is 6.07 Å². The van der Waals surface area contributed by atoms with Crippen LogP contribution in [0, 0.1) is 47.4 Å². The maximum Gasteiger partial charge on any atom is 0.340 e. The highest BCUT2D eigenvalue weighted by Crippen LogP contribution is 2.22. The number of esters is 1. The average Bonchev–Trinajstić information content (AvgIpc) is 4.06. The number of aryl methyl sites for hydroxylation is 4. The minimum absolute atomic E-state index is 0.0735. The molecule has 0 saturated carbocycles. The van der Waals surface area contributed by atoms with Crippen LogP contribution in [0.15, 0.2) is 42.5 Å². The second kappa shape index (κ2) is 19.6. The molecule has 6 aromatic heterocycles. The molecule has 21 heteroatoms. The van der Waals surface area contributed by atoms with E-state index >= 15 is 0 Å². The number of piperazine rings is 2. The number of benzene rings is 1. The molecule has 66 heavy (non-hydrogen) atoms. The summed E-state index contributed by atoms with van der Waals surface area (Å²) in [5.74, 6) is 1.84. The molecule has 2 fully saturated rings. The summed E-state index contributed by atoms with van der Waals surface area (Å²) in [6.07, 6.45) is 2.18. The predicted molar refractivity (Wildman–Crippen MR) is 240 cm³/mol. The van der Waals surface area contributed by atoms with Gasteiger partial charge in [-0.05, 0) is 107 Å². The van der Waals surface area contributed by atoms with Gasteiger partial charge in [0.25, 0.3) is 0 Å². The van der Waals surface area contributed by atoms with E-state index in [9.17, 15) is 18.8 Å². The molecular weight excluding hydrogens is 848 g/mol. The van der Waals surface area contributed by atoms with Gasteiger partial charge in [0.15, 0.2) is 34.6 Å². The van der Waals surface area contributed by atoms with Crippen LogP contribution in [0.1, 0.15) is 74.3 Å². The van der Waals surface area contributed by atoms with Gasteiger partial charge in [0.2, 0.25) is 11.8 Å². The van der Waals surface area contributed by atoms with Crippen LogP contribution in [0.4, 0.5) is 4.39 Å². The number of nitrogens with zero attached hydrogens (tertiary/aromatic N) is 15. The first kappa shape index (κ1) is 45.6. The van der Waals surface area contributed by atoms with Gasteiger partial charge in [0.05, 0.1) is 24.1 Å². The number of amides is 2. The summed E-state index contributed by atoms with van der Waals surface area (Å²) >= 11 is 0. The van der Waals surface area contributed by atoms with Crippen LogP contribution in [0.25, 0.3) is 22.9 Å². The second-order valence-electron chi connectivity index (χ2n) is 16.6. The van der Waals surface area contributed by atoms with Crippen LogP contribution in [0.2, 0.25) is 0 Å². The molecule has 9 rings (SSSR count). The Morgan fingerprint density at radius 3 is 1.62 bits per heavy atom. The molecule has 0 spiro atoms. The highest BCUT2D eigenvalue weighted by atomic mass is 19.1. The zero-order chi connectivity index (χ0) is 46.6. The van der Waals surface area contributed by atoms with E-state index in [1.807, 2.05) is 80.3 Å². The number of ether oxygens (including phenoxy) is 1. The first-order valence-corrected chi connectivity index (χ1v) is 22.1. The van der Waals surface area contributed by atoms with E-state index in [-0.39, 0.29) is 17.4 Å². The largest absolute Gasteiger partial charge is 0.465 e. The Balaban J connectivity index is 0.000000192. The van der Waals surface area contributed by atoms with E-state index in [1.165, 1.54) is 19.2 Å². The minimum atomic E-state index is -0.691. The van der Waals surface area contributed by atoms with Crippen molar-refractivity contribution in [2.75, 3.05) is 59.5 Å². The van der Waals surface area contributed by atoms with E-state index in [4.69, 9.17) is 0 Å². The van der Waals surface area contributed by atoms with Crippen molar-refractivity contribution >= 4 is 29.1 Å². The number of hydrogen-bond donors (Lipinski definition) is 1. The lowest BCUT2D eigenvalue weighted by atomic mass is 10.1. The zero-order valence-electron chi connectivity index (χ0n) is 38.5. The molecule has 0 radical (unpaired) electrons. The zero-order valence-corrected chi connectivity index (χ0v) is 38.5. The van der Waals surface area contributed by atoms with Crippen LogP contribution in [-0.4, -0.2) is 151 Å². The minimum Gasteiger partial charge on any atom is -0.465 e. The normalized spacial score (nSPS) is 14.5.